The molecule has 0 rings (SSSR count). The molecule has 0 amide bonds. The number of hydrogen-bond acceptors (Lipinski definition) is 2. The normalized spacial score (nSPS) is 5.00. The maximum absolute atomic E-state index is 8.47. The first-order valence-electron chi connectivity index (χ1n) is 0.589. The summed E-state index contributed by atoms with van der Waals surface area (Å²) < 4.78 is 0. The molecular formula is CN2O2. The quantitative estimate of drug-likeness (QED) is 0.281. The van der Waals surface area contributed by atoms with Crippen LogP contribution in [0, 0.1) is 17.2 Å². The van der Waals surface area contributed by atoms with Crippen LogP contribution in [0.4, 0.5) is 0 Å². The fourth-order valence-electron chi connectivity index (χ4n) is 0. The molecule has 0 bridgehead atoms. The van der Waals surface area contributed by atoms with Crippen molar-refractivity contribution in [2.75, 3.05) is 0 Å². The van der Waals surface area contributed by atoms with Gasteiger partial charge >= 0.3 is 7.05 Å². The second-order valence-corrected chi connectivity index (χ2v) is 0.257. The fourth-order valence-corrected chi connectivity index (χ4v) is 0. The van der Waals surface area contributed by atoms with Crippen molar-refractivity contribution >= 4 is 0 Å². The molecule has 0 aliphatic heterocycles. The first kappa shape index (κ1) is 8.84. The molecule has 0 fully saturated rings. The van der Waals surface area contributed by atoms with Gasteiger partial charge in [0.25, 0.3) is 0 Å². The lowest BCUT2D eigenvalue weighted by molar-refractivity contribution is -0.410. The van der Waals surface area contributed by atoms with Gasteiger partial charge in [-0.2, -0.15) is 0 Å². The maximum atomic E-state index is 8.47. The Morgan fingerprint density at radius 3 is 1.80 bits per heavy atom. The maximum Gasteiger partial charge on any atom is 0.474 e. The Bertz CT molecular complexity index is 30.6. The number of nitro groups is 1. The summed E-state index contributed by atoms with van der Waals surface area (Å²) in [6, 6.07) is 0. The van der Waals surface area contributed by atoms with Gasteiger partial charge in [-0.1, -0.05) is 0 Å². The molecule has 6 radical (unpaired) electrons. The molecule has 0 saturated heterocycles. The fraction of sp³-hybridized carbons (Fsp3) is 0. The predicted octanol–water partition coefficient (Wildman–Crippen LogP) is -0.672. The van der Waals surface area contributed by atoms with Crippen molar-refractivity contribution in [1.82, 2.24) is 6.15 Å². The summed E-state index contributed by atoms with van der Waals surface area (Å²) in [5.41, 5.74) is 0. The van der Waals surface area contributed by atoms with Crippen molar-refractivity contribution in [2.24, 2.45) is 0 Å². The van der Waals surface area contributed by atoms with Crippen LogP contribution in [-0.4, -0.2) is 4.92 Å². The van der Waals surface area contributed by atoms with E-state index >= 15 is 0 Å². The molecule has 0 saturated carbocycles. The standard InChI is InChI=1S/CNO2.N/c1-2(3)4;. The average molecular weight is 72.0 g/mol. The Hall–Kier alpha value is -0.640. The van der Waals surface area contributed by atoms with E-state index in [0.29, 0.717) is 0 Å². The third kappa shape index (κ3) is 15.2. The van der Waals surface area contributed by atoms with Crippen LogP contribution in [0.2, 0.25) is 0 Å². The lowest BCUT2D eigenvalue weighted by Gasteiger charge is -1.58. The molecule has 0 unspecified atom stereocenters. The zero-order chi connectivity index (χ0) is 3.58. The Morgan fingerprint density at radius 1 is 1.80 bits per heavy atom. The third-order valence-electron chi connectivity index (χ3n) is 0. The molecule has 0 atom stereocenters. The van der Waals surface area contributed by atoms with E-state index in [9.17, 15) is 0 Å². The lowest BCUT2D eigenvalue weighted by Crippen LogP contribution is -1.74. The highest BCUT2D eigenvalue weighted by Gasteiger charge is 1.67. The van der Waals surface area contributed by atoms with E-state index in [4.69, 9.17) is 17.2 Å². The number of hydrogen-bond donors (Lipinski definition) is 0. The van der Waals surface area contributed by atoms with E-state index in [2.05, 4.69) is 0 Å². The van der Waals surface area contributed by atoms with Gasteiger partial charge in [0.1, 0.15) is 0 Å². The molecule has 0 heterocycles. The van der Waals surface area contributed by atoms with Crippen LogP contribution in [0.3, 0.4) is 0 Å². The number of rotatable bonds is 0. The van der Waals surface area contributed by atoms with E-state index in [0.717, 1.165) is 0 Å². The molecule has 0 aromatic rings. The van der Waals surface area contributed by atoms with E-state index in [1.165, 1.54) is 0 Å². The molecule has 0 aliphatic carbocycles. The second-order valence-electron chi connectivity index (χ2n) is 0.257. The first-order chi connectivity index (χ1) is 1.73. The Morgan fingerprint density at radius 2 is 1.80 bits per heavy atom. The van der Waals surface area contributed by atoms with Crippen LogP contribution in [0.5, 0.6) is 0 Å². The summed E-state index contributed by atoms with van der Waals surface area (Å²) in [5, 5.41) is 8.47. The van der Waals surface area contributed by atoms with Gasteiger partial charge in [0.05, 0.1) is 4.92 Å². The van der Waals surface area contributed by atoms with Gasteiger partial charge < -0.3 is 0 Å². The minimum Gasteiger partial charge on any atom is -0.263 e. The van der Waals surface area contributed by atoms with Crippen molar-refractivity contribution in [2.45, 2.75) is 0 Å². The second kappa shape index (κ2) is 3.36. The van der Waals surface area contributed by atoms with Crippen LogP contribution in [0.1, 0.15) is 0 Å². The van der Waals surface area contributed by atoms with Crippen molar-refractivity contribution in [1.29, 1.82) is 0 Å². The van der Waals surface area contributed by atoms with E-state index in [1.807, 2.05) is 0 Å². The van der Waals surface area contributed by atoms with Gasteiger partial charge in [0.2, 0.25) is 0 Å². The highest BCUT2D eigenvalue weighted by Crippen LogP contribution is 1.45. The van der Waals surface area contributed by atoms with Crippen LogP contribution in [0.15, 0.2) is 0 Å². The molecule has 0 aromatic heterocycles. The summed E-state index contributed by atoms with van der Waals surface area (Å²) in [6.07, 6.45) is 0. The van der Waals surface area contributed by atoms with Gasteiger partial charge in [0.15, 0.2) is 0 Å². The van der Waals surface area contributed by atoms with Crippen molar-refractivity contribution in [3.63, 3.8) is 0 Å². The van der Waals surface area contributed by atoms with Gasteiger partial charge in [-0.3, -0.25) is 10.1 Å². The largest absolute Gasteiger partial charge is 0.474 e. The van der Waals surface area contributed by atoms with Crippen LogP contribution < -0.4 is 6.15 Å². The Balaban J connectivity index is 0. The molecule has 4 heteroatoms. The summed E-state index contributed by atoms with van der Waals surface area (Å²) in [4.78, 5) is 7.22. The predicted molar refractivity (Wildman–Crippen MR) is 12.4 cm³/mol. The van der Waals surface area contributed by atoms with Gasteiger partial charge in [0, 0.05) is 6.15 Å². The van der Waals surface area contributed by atoms with Gasteiger partial charge in [-0.05, 0) is 0 Å². The minimum absolute atomic E-state index is 0. The zero-order valence-corrected chi connectivity index (χ0v) is 2.21. The summed E-state index contributed by atoms with van der Waals surface area (Å²) in [5.74, 6) is 0. The highest BCUT2D eigenvalue weighted by atomic mass is 16.6. The van der Waals surface area contributed by atoms with Gasteiger partial charge in [-0.15, -0.1) is 0 Å². The smallest absolute Gasteiger partial charge is 0.263 e. The van der Waals surface area contributed by atoms with Crippen LogP contribution in [0.25, 0.3) is 0 Å². The molecular weight excluding hydrogens is 72.0 g/mol. The monoisotopic (exact) mass is 72.0 g/mol. The highest BCUT2D eigenvalue weighted by molar-refractivity contribution is 3.99. The summed E-state index contributed by atoms with van der Waals surface area (Å²) in [6.45, 7) is 0. The minimum atomic E-state index is -1.25. The first-order valence-corrected chi connectivity index (χ1v) is 0.589. The average Bonchev–Trinajstić information content (AvgIpc) is 0.811. The Labute approximate surface area is 29.5 Å². The van der Waals surface area contributed by atoms with Crippen molar-refractivity contribution in [3.05, 3.63) is 17.2 Å². The summed E-state index contributed by atoms with van der Waals surface area (Å²) in [7, 11) is 5.31. The lowest BCUT2D eigenvalue weighted by atomic mass is 11.5. The van der Waals surface area contributed by atoms with E-state index < -0.39 is 4.92 Å². The summed E-state index contributed by atoms with van der Waals surface area (Å²) >= 11 is 0. The molecule has 0 aromatic carbocycles. The third-order valence-corrected chi connectivity index (χ3v) is 0. The molecule has 5 heavy (non-hydrogen) atoms. The van der Waals surface area contributed by atoms with E-state index in [-0.39, 0.29) is 6.15 Å². The number of nitrogens with zero attached hydrogens (tertiary/aromatic N) is 2. The van der Waals surface area contributed by atoms with Crippen LogP contribution in [-0.2, 0) is 0 Å². The SMILES string of the molecule is [C][N+](=O)[O-].[N]. The van der Waals surface area contributed by atoms with Crippen molar-refractivity contribution < 1.29 is 4.92 Å². The topological polar surface area (TPSA) is 73.6 Å². The van der Waals surface area contributed by atoms with E-state index in [1.54, 1.807) is 0 Å². The molecule has 0 aliphatic rings. The molecule has 26 valence electrons. The molecule has 0 N–H and O–H groups in total. The zero-order valence-electron chi connectivity index (χ0n) is 2.21. The Kier molecular flexibility index (Phi) is 5.94. The molecule has 0 spiro atoms. The van der Waals surface area contributed by atoms with Gasteiger partial charge in [-0.25, -0.2) is 0 Å². The van der Waals surface area contributed by atoms with Crippen LogP contribution >= 0.6 is 0 Å². The molecule has 4 nitrogen and oxygen atoms in total. The van der Waals surface area contributed by atoms with Crippen molar-refractivity contribution in [3.8, 4) is 0 Å².